The van der Waals surface area contributed by atoms with Gasteiger partial charge in [0.15, 0.2) is 0 Å². The number of hydrogen-bond acceptors (Lipinski definition) is 5. The Balaban J connectivity index is 0. The molecule has 104 valence electrons. The van der Waals surface area contributed by atoms with Crippen LogP contribution in [0.3, 0.4) is 0 Å². The minimum absolute atomic E-state index is 0.182. The Morgan fingerprint density at radius 3 is 2.21 bits per heavy atom. The molecule has 1 N–H and O–H groups in total. The lowest BCUT2D eigenvalue weighted by Gasteiger charge is -1.96. The molecule has 0 amide bonds. The van der Waals surface area contributed by atoms with Crippen molar-refractivity contribution in [2.24, 2.45) is 0 Å². The lowest BCUT2D eigenvalue weighted by Crippen LogP contribution is -2.00. The van der Waals surface area contributed by atoms with E-state index in [1.54, 1.807) is 0 Å². The standard InChI is InChI=1S/C7H9NO2.C6H9NO2/c1-2-7(9)10-6-4-3-5-8;7-5-3-1-2-4-6(8)9/h2H,1,3-4,6H2;1-4H2,(H,8,9). The van der Waals surface area contributed by atoms with E-state index in [1.807, 2.05) is 12.1 Å². The summed E-state index contributed by atoms with van der Waals surface area (Å²) in [6, 6.07) is 3.89. The average molecular weight is 266 g/mol. The summed E-state index contributed by atoms with van der Waals surface area (Å²) in [5, 5.41) is 24.2. The third-order valence-corrected chi connectivity index (χ3v) is 1.77. The summed E-state index contributed by atoms with van der Waals surface area (Å²) in [6.07, 6.45) is 4.08. The molecule has 0 aromatic heterocycles. The van der Waals surface area contributed by atoms with E-state index < -0.39 is 11.9 Å². The van der Waals surface area contributed by atoms with Gasteiger partial charge in [0.2, 0.25) is 0 Å². The van der Waals surface area contributed by atoms with Crippen molar-refractivity contribution in [3.8, 4) is 12.1 Å². The molecule has 0 saturated heterocycles. The highest BCUT2D eigenvalue weighted by Crippen LogP contribution is 1.97. The van der Waals surface area contributed by atoms with Gasteiger partial charge in [-0.05, 0) is 19.3 Å². The molecule has 0 atom stereocenters. The fraction of sp³-hybridized carbons (Fsp3) is 0.538. The molecule has 0 spiro atoms. The zero-order valence-corrected chi connectivity index (χ0v) is 10.8. The highest BCUT2D eigenvalue weighted by Gasteiger charge is 1.94. The van der Waals surface area contributed by atoms with Gasteiger partial charge < -0.3 is 9.84 Å². The predicted octanol–water partition coefficient (Wildman–Crippen LogP) is 2.17. The largest absolute Gasteiger partial charge is 0.481 e. The first-order valence-electron chi connectivity index (χ1n) is 5.83. The van der Waals surface area contributed by atoms with Crippen molar-refractivity contribution in [1.29, 1.82) is 10.5 Å². The predicted molar refractivity (Wildman–Crippen MR) is 67.7 cm³/mol. The minimum Gasteiger partial charge on any atom is -0.481 e. The van der Waals surface area contributed by atoms with Crippen LogP contribution in [-0.2, 0) is 14.3 Å². The Morgan fingerprint density at radius 2 is 1.74 bits per heavy atom. The summed E-state index contributed by atoms with van der Waals surface area (Å²) in [7, 11) is 0. The first kappa shape index (κ1) is 19.0. The highest BCUT2D eigenvalue weighted by atomic mass is 16.5. The number of aliphatic carboxylic acids is 1. The topological polar surface area (TPSA) is 111 Å². The van der Waals surface area contributed by atoms with Crippen LogP contribution in [0.25, 0.3) is 0 Å². The quantitative estimate of drug-likeness (QED) is 0.409. The summed E-state index contributed by atoms with van der Waals surface area (Å²) in [5.41, 5.74) is 0. The molecule has 0 unspecified atom stereocenters. The normalized spacial score (nSPS) is 8.11. The fourth-order valence-corrected chi connectivity index (χ4v) is 0.863. The third kappa shape index (κ3) is 21.5. The molecule has 0 rings (SSSR count). The van der Waals surface area contributed by atoms with Gasteiger partial charge in [-0.15, -0.1) is 0 Å². The second-order valence-electron chi connectivity index (χ2n) is 3.39. The summed E-state index contributed by atoms with van der Waals surface area (Å²) in [4.78, 5) is 20.2. The van der Waals surface area contributed by atoms with E-state index in [9.17, 15) is 9.59 Å². The van der Waals surface area contributed by atoms with Crippen LogP contribution in [0.15, 0.2) is 12.7 Å². The number of carbonyl (C=O) groups excluding carboxylic acids is 1. The van der Waals surface area contributed by atoms with Gasteiger partial charge in [-0.25, -0.2) is 4.79 Å². The number of nitriles is 2. The van der Waals surface area contributed by atoms with Crippen LogP contribution < -0.4 is 0 Å². The van der Waals surface area contributed by atoms with Gasteiger partial charge in [-0.1, -0.05) is 6.58 Å². The van der Waals surface area contributed by atoms with Crippen molar-refractivity contribution in [2.75, 3.05) is 6.61 Å². The van der Waals surface area contributed by atoms with Crippen LogP contribution in [-0.4, -0.2) is 23.7 Å². The molecule has 0 saturated carbocycles. The van der Waals surface area contributed by atoms with Crippen molar-refractivity contribution in [1.82, 2.24) is 0 Å². The van der Waals surface area contributed by atoms with Gasteiger partial charge in [-0.3, -0.25) is 4.79 Å². The number of esters is 1. The fourth-order valence-electron chi connectivity index (χ4n) is 0.863. The van der Waals surface area contributed by atoms with Crippen LogP contribution in [0, 0.1) is 22.7 Å². The Hall–Kier alpha value is -2.34. The van der Waals surface area contributed by atoms with E-state index in [1.165, 1.54) is 0 Å². The van der Waals surface area contributed by atoms with Gasteiger partial charge >= 0.3 is 11.9 Å². The molecule has 6 nitrogen and oxygen atoms in total. The van der Waals surface area contributed by atoms with E-state index in [0.717, 1.165) is 6.08 Å². The van der Waals surface area contributed by atoms with E-state index in [-0.39, 0.29) is 6.42 Å². The van der Waals surface area contributed by atoms with Crippen LogP contribution >= 0.6 is 0 Å². The van der Waals surface area contributed by atoms with Crippen LogP contribution in [0.2, 0.25) is 0 Å². The molecule has 0 bridgehead atoms. The summed E-state index contributed by atoms with van der Waals surface area (Å²) in [5.74, 6) is -1.22. The molecular weight excluding hydrogens is 248 g/mol. The number of hydrogen-bond donors (Lipinski definition) is 1. The zero-order valence-electron chi connectivity index (χ0n) is 10.8. The maximum atomic E-state index is 10.4. The number of ether oxygens (including phenoxy) is 1. The monoisotopic (exact) mass is 266 g/mol. The second-order valence-corrected chi connectivity index (χ2v) is 3.39. The third-order valence-electron chi connectivity index (χ3n) is 1.77. The van der Waals surface area contributed by atoms with Crippen molar-refractivity contribution in [3.05, 3.63) is 12.7 Å². The van der Waals surface area contributed by atoms with Gasteiger partial charge in [0.1, 0.15) is 0 Å². The highest BCUT2D eigenvalue weighted by molar-refractivity contribution is 5.81. The smallest absolute Gasteiger partial charge is 0.330 e. The number of carboxylic acid groups (broad SMARTS) is 1. The van der Waals surface area contributed by atoms with Crippen molar-refractivity contribution >= 4 is 11.9 Å². The van der Waals surface area contributed by atoms with Crippen molar-refractivity contribution in [2.45, 2.75) is 38.5 Å². The first-order valence-corrected chi connectivity index (χ1v) is 5.83. The van der Waals surface area contributed by atoms with Crippen LogP contribution in [0.4, 0.5) is 0 Å². The second kappa shape index (κ2) is 15.7. The van der Waals surface area contributed by atoms with Crippen LogP contribution in [0.5, 0.6) is 0 Å². The lowest BCUT2D eigenvalue weighted by atomic mass is 10.2. The summed E-state index contributed by atoms with van der Waals surface area (Å²) >= 11 is 0. The van der Waals surface area contributed by atoms with E-state index >= 15 is 0 Å². The Morgan fingerprint density at radius 1 is 1.16 bits per heavy atom. The molecular formula is C13H18N2O4. The van der Waals surface area contributed by atoms with Gasteiger partial charge in [-0.2, -0.15) is 10.5 Å². The molecule has 0 heterocycles. The van der Waals surface area contributed by atoms with Gasteiger partial charge in [0.25, 0.3) is 0 Å². The Kier molecular flexibility index (Phi) is 15.7. The van der Waals surface area contributed by atoms with Crippen molar-refractivity contribution in [3.63, 3.8) is 0 Å². The minimum atomic E-state index is -0.784. The first-order chi connectivity index (χ1) is 9.08. The molecule has 19 heavy (non-hydrogen) atoms. The van der Waals surface area contributed by atoms with Crippen molar-refractivity contribution < 1.29 is 19.4 Å². The number of unbranched alkanes of at least 4 members (excludes halogenated alkanes) is 3. The maximum Gasteiger partial charge on any atom is 0.330 e. The number of nitrogens with zero attached hydrogens (tertiary/aromatic N) is 2. The lowest BCUT2D eigenvalue weighted by molar-refractivity contribution is -0.138. The molecule has 0 aliphatic rings. The molecule has 0 radical (unpaired) electrons. The number of carboxylic acids is 1. The Bertz CT molecular complexity index is 353. The SMILES string of the molecule is C=CC(=O)OCCCC#N.N#CCCCCC(=O)O. The molecule has 0 aliphatic heterocycles. The maximum absolute atomic E-state index is 10.4. The number of rotatable bonds is 8. The van der Waals surface area contributed by atoms with E-state index in [4.69, 9.17) is 15.6 Å². The van der Waals surface area contributed by atoms with E-state index in [2.05, 4.69) is 11.3 Å². The molecule has 0 fully saturated rings. The Labute approximate surface area is 112 Å². The molecule has 0 aromatic carbocycles. The zero-order chi connectivity index (χ0) is 14.9. The average Bonchev–Trinajstić information content (AvgIpc) is 2.40. The van der Waals surface area contributed by atoms with Gasteiger partial charge in [0.05, 0.1) is 18.7 Å². The number of carbonyl (C=O) groups is 2. The van der Waals surface area contributed by atoms with E-state index in [0.29, 0.717) is 38.7 Å². The summed E-state index contributed by atoms with van der Waals surface area (Å²) < 4.78 is 4.59. The molecule has 0 aliphatic carbocycles. The molecule has 0 aromatic rings. The van der Waals surface area contributed by atoms with Gasteiger partial charge in [0, 0.05) is 25.3 Å². The summed E-state index contributed by atoms with van der Waals surface area (Å²) in [6.45, 7) is 3.52. The van der Waals surface area contributed by atoms with Crippen LogP contribution in [0.1, 0.15) is 38.5 Å². The molecule has 6 heteroatoms.